The Morgan fingerprint density at radius 2 is 1.95 bits per heavy atom. The summed E-state index contributed by atoms with van der Waals surface area (Å²) in [5, 5.41) is 11.0. The van der Waals surface area contributed by atoms with Crippen molar-refractivity contribution in [2.24, 2.45) is 5.92 Å². The monoisotopic (exact) mass is 337 g/mol. The summed E-state index contributed by atoms with van der Waals surface area (Å²) < 4.78 is 0. The predicted molar refractivity (Wildman–Crippen MR) is 88.9 cm³/mol. The molecule has 0 bridgehead atoms. The molecule has 2 nitrogen and oxygen atoms in total. The second kappa shape index (κ2) is 6.30. The molecule has 1 aliphatic rings. The summed E-state index contributed by atoms with van der Waals surface area (Å²) in [4.78, 5) is 2.29. The molecule has 1 aromatic rings. The van der Waals surface area contributed by atoms with E-state index < -0.39 is 5.60 Å². The first kappa shape index (κ1) is 17.2. The van der Waals surface area contributed by atoms with E-state index in [-0.39, 0.29) is 28.4 Å². The van der Waals surface area contributed by atoms with Gasteiger partial charge in [-0.3, -0.25) is 4.90 Å². The number of terminal acetylenes is 1. The highest BCUT2D eigenvalue weighted by molar-refractivity contribution is 8.93. The first-order valence-electron chi connectivity index (χ1n) is 6.91. The van der Waals surface area contributed by atoms with Gasteiger partial charge in [0.15, 0.2) is 0 Å². The van der Waals surface area contributed by atoms with E-state index in [0.717, 1.165) is 25.1 Å². The van der Waals surface area contributed by atoms with Gasteiger partial charge in [0.25, 0.3) is 0 Å². The Bertz CT molecular complexity index is 480. The number of rotatable bonds is 2. The molecule has 0 saturated carbocycles. The molecule has 3 heteroatoms. The fraction of sp³-hybridized carbons (Fsp3) is 0.529. The minimum Gasteiger partial charge on any atom is -0.385 e. The van der Waals surface area contributed by atoms with E-state index in [1.54, 1.807) is 0 Å². The average molecular weight is 338 g/mol. The molecule has 110 valence electrons. The van der Waals surface area contributed by atoms with E-state index in [1.807, 2.05) is 30.3 Å². The van der Waals surface area contributed by atoms with Crippen LogP contribution in [0.25, 0.3) is 0 Å². The molecule has 2 atom stereocenters. The van der Waals surface area contributed by atoms with Gasteiger partial charge in [0.1, 0.15) is 0 Å². The van der Waals surface area contributed by atoms with Crippen molar-refractivity contribution in [1.29, 1.82) is 0 Å². The van der Waals surface area contributed by atoms with Crippen LogP contribution < -0.4 is 0 Å². The molecular formula is C17H24BrNO. The van der Waals surface area contributed by atoms with Crippen molar-refractivity contribution in [3.05, 3.63) is 35.9 Å². The molecule has 1 heterocycles. The number of piperidine rings is 1. The summed E-state index contributed by atoms with van der Waals surface area (Å²) >= 11 is 0. The van der Waals surface area contributed by atoms with Crippen molar-refractivity contribution >= 4 is 17.0 Å². The average Bonchev–Trinajstić information content (AvgIpc) is 2.42. The standard InChI is InChI=1S/C17H23NO.BrH/c1-5-16(3,4)18-12-11-17(19,14(2)13-18)15-9-7-6-8-10-15;/h1,6-10,14,19H,11-13H2,2-4H3;1H. The molecule has 2 unspecified atom stereocenters. The van der Waals surface area contributed by atoms with Crippen molar-refractivity contribution in [1.82, 2.24) is 4.90 Å². The normalized spacial score (nSPS) is 27.4. The number of benzene rings is 1. The van der Waals surface area contributed by atoms with Crippen LogP contribution in [0.15, 0.2) is 30.3 Å². The summed E-state index contributed by atoms with van der Waals surface area (Å²) in [6.45, 7) is 7.88. The number of hydrogen-bond donors (Lipinski definition) is 1. The van der Waals surface area contributed by atoms with Crippen molar-refractivity contribution < 1.29 is 5.11 Å². The van der Waals surface area contributed by atoms with Gasteiger partial charge in [-0.05, 0) is 25.8 Å². The number of likely N-dealkylation sites (tertiary alicyclic amines) is 1. The van der Waals surface area contributed by atoms with Crippen LogP contribution in [0, 0.1) is 18.3 Å². The molecule has 1 aromatic carbocycles. The van der Waals surface area contributed by atoms with Gasteiger partial charge in [-0.1, -0.05) is 43.2 Å². The van der Waals surface area contributed by atoms with Crippen LogP contribution in [0.3, 0.4) is 0 Å². The number of aliphatic hydroxyl groups is 1. The van der Waals surface area contributed by atoms with Gasteiger partial charge >= 0.3 is 0 Å². The topological polar surface area (TPSA) is 23.5 Å². The van der Waals surface area contributed by atoms with Crippen LogP contribution in [0.2, 0.25) is 0 Å². The third-order valence-corrected chi connectivity index (χ3v) is 4.49. The lowest BCUT2D eigenvalue weighted by atomic mass is 9.76. The van der Waals surface area contributed by atoms with Gasteiger partial charge in [0.2, 0.25) is 0 Å². The molecular weight excluding hydrogens is 314 g/mol. The predicted octanol–water partition coefficient (Wildman–Crippen LogP) is 3.21. The number of nitrogens with zero attached hydrogens (tertiary/aromatic N) is 1. The van der Waals surface area contributed by atoms with E-state index in [2.05, 4.69) is 31.6 Å². The highest BCUT2D eigenvalue weighted by atomic mass is 79.9. The fourth-order valence-corrected chi connectivity index (χ4v) is 2.88. The zero-order chi connectivity index (χ0) is 14.1. The Morgan fingerprint density at radius 1 is 1.35 bits per heavy atom. The van der Waals surface area contributed by atoms with E-state index in [9.17, 15) is 5.11 Å². The van der Waals surface area contributed by atoms with Crippen LogP contribution in [0.1, 0.15) is 32.8 Å². The molecule has 2 rings (SSSR count). The minimum atomic E-state index is -0.734. The first-order chi connectivity index (χ1) is 8.90. The Hall–Kier alpha value is -0.820. The third-order valence-electron chi connectivity index (χ3n) is 4.49. The first-order valence-corrected chi connectivity index (χ1v) is 6.91. The van der Waals surface area contributed by atoms with Crippen molar-refractivity contribution in [2.75, 3.05) is 13.1 Å². The Morgan fingerprint density at radius 3 is 2.45 bits per heavy atom. The summed E-state index contributed by atoms with van der Waals surface area (Å²) in [6, 6.07) is 9.97. The van der Waals surface area contributed by atoms with E-state index in [1.165, 1.54) is 0 Å². The maximum absolute atomic E-state index is 11.0. The lowest BCUT2D eigenvalue weighted by Crippen LogP contribution is -2.55. The summed E-state index contributed by atoms with van der Waals surface area (Å²) in [5.74, 6) is 3.01. The van der Waals surface area contributed by atoms with Crippen LogP contribution in [0.4, 0.5) is 0 Å². The van der Waals surface area contributed by atoms with Gasteiger partial charge in [0.05, 0.1) is 11.1 Å². The lowest BCUT2D eigenvalue weighted by Gasteiger charge is -2.47. The van der Waals surface area contributed by atoms with Crippen LogP contribution >= 0.6 is 17.0 Å². The van der Waals surface area contributed by atoms with Crippen LogP contribution in [-0.2, 0) is 5.60 Å². The van der Waals surface area contributed by atoms with E-state index in [4.69, 9.17) is 6.42 Å². The van der Waals surface area contributed by atoms with E-state index in [0.29, 0.717) is 0 Å². The molecule has 0 amide bonds. The second-order valence-electron chi connectivity index (χ2n) is 6.09. The molecule has 1 N–H and O–H groups in total. The summed E-state index contributed by atoms with van der Waals surface area (Å²) in [6.07, 6.45) is 6.33. The van der Waals surface area contributed by atoms with Gasteiger partial charge in [0, 0.05) is 19.0 Å². The van der Waals surface area contributed by atoms with Gasteiger partial charge < -0.3 is 5.11 Å². The highest BCUT2D eigenvalue weighted by Gasteiger charge is 2.42. The van der Waals surface area contributed by atoms with Crippen molar-refractivity contribution in [3.8, 4) is 12.3 Å². The minimum absolute atomic E-state index is 0. The summed E-state index contributed by atoms with van der Waals surface area (Å²) in [5.41, 5.74) is 0.0370. The summed E-state index contributed by atoms with van der Waals surface area (Å²) in [7, 11) is 0. The van der Waals surface area contributed by atoms with Crippen molar-refractivity contribution in [3.63, 3.8) is 0 Å². The largest absolute Gasteiger partial charge is 0.385 e. The second-order valence-corrected chi connectivity index (χ2v) is 6.09. The molecule has 1 aliphatic heterocycles. The van der Waals surface area contributed by atoms with Gasteiger partial charge in [-0.15, -0.1) is 23.4 Å². The molecule has 0 spiro atoms. The molecule has 0 radical (unpaired) electrons. The smallest absolute Gasteiger partial charge is 0.0946 e. The Kier molecular flexibility index (Phi) is 5.43. The molecule has 1 fully saturated rings. The molecule has 20 heavy (non-hydrogen) atoms. The maximum atomic E-state index is 11.0. The van der Waals surface area contributed by atoms with Gasteiger partial charge in [-0.25, -0.2) is 0 Å². The number of halogens is 1. The van der Waals surface area contributed by atoms with Crippen LogP contribution in [0.5, 0.6) is 0 Å². The molecule has 0 aliphatic carbocycles. The zero-order valence-corrected chi connectivity index (χ0v) is 14.2. The molecule has 0 aromatic heterocycles. The number of hydrogen-bond acceptors (Lipinski definition) is 2. The van der Waals surface area contributed by atoms with Gasteiger partial charge in [-0.2, -0.15) is 0 Å². The van der Waals surface area contributed by atoms with E-state index >= 15 is 0 Å². The fourth-order valence-electron chi connectivity index (χ4n) is 2.88. The Balaban J connectivity index is 0.00000200. The SMILES string of the molecule is Br.C#CC(C)(C)N1CCC(O)(c2ccccc2)C(C)C1. The van der Waals surface area contributed by atoms with Crippen molar-refractivity contribution in [2.45, 2.75) is 38.3 Å². The quantitative estimate of drug-likeness (QED) is 0.837. The Labute approximate surface area is 133 Å². The lowest BCUT2D eigenvalue weighted by molar-refractivity contribution is -0.0837. The molecule has 1 saturated heterocycles. The third kappa shape index (κ3) is 3.09. The zero-order valence-electron chi connectivity index (χ0n) is 12.5. The van der Waals surface area contributed by atoms with Crippen LogP contribution in [-0.4, -0.2) is 28.6 Å². The maximum Gasteiger partial charge on any atom is 0.0946 e. The highest BCUT2D eigenvalue weighted by Crippen LogP contribution is 2.38.